The number of carboxylic acid groups (broad SMARTS) is 1. The van der Waals surface area contributed by atoms with Gasteiger partial charge in [0.2, 0.25) is 5.91 Å². The van der Waals surface area contributed by atoms with E-state index in [-0.39, 0.29) is 18.2 Å². The number of rotatable bonds is 5. The molecule has 1 aliphatic heterocycles. The molecule has 2 atom stereocenters. The lowest BCUT2D eigenvalue weighted by atomic mass is 9.96. The van der Waals surface area contributed by atoms with Crippen molar-refractivity contribution in [2.45, 2.75) is 20.3 Å². The fourth-order valence-corrected chi connectivity index (χ4v) is 2.03. The van der Waals surface area contributed by atoms with Gasteiger partial charge in [-0.25, -0.2) is 0 Å². The van der Waals surface area contributed by atoms with Gasteiger partial charge >= 0.3 is 5.97 Å². The number of nitrogens with one attached hydrogen (secondary N) is 1. The minimum absolute atomic E-state index is 0.00810. The zero-order valence-corrected chi connectivity index (χ0v) is 9.90. The first kappa shape index (κ1) is 13.0. The summed E-state index contributed by atoms with van der Waals surface area (Å²) in [7, 11) is 0. The monoisotopic (exact) mass is 228 g/mol. The maximum Gasteiger partial charge on any atom is 0.305 e. The highest BCUT2D eigenvalue weighted by Crippen LogP contribution is 2.18. The van der Waals surface area contributed by atoms with Gasteiger partial charge in [-0.3, -0.25) is 9.59 Å². The third-order valence-corrected chi connectivity index (χ3v) is 3.12. The van der Waals surface area contributed by atoms with Crippen molar-refractivity contribution in [3.63, 3.8) is 0 Å². The molecule has 0 bridgehead atoms. The van der Waals surface area contributed by atoms with Gasteiger partial charge < -0.3 is 15.3 Å². The molecule has 1 saturated heterocycles. The van der Waals surface area contributed by atoms with Gasteiger partial charge in [0.1, 0.15) is 0 Å². The van der Waals surface area contributed by atoms with Crippen molar-refractivity contribution in [3.05, 3.63) is 0 Å². The van der Waals surface area contributed by atoms with E-state index in [1.54, 1.807) is 4.90 Å². The van der Waals surface area contributed by atoms with E-state index in [1.807, 2.05) is 13.8 Å². The average Bonchev–Trinajstić information content (AvgIpc) is 2.64. The molecule has 2 unspecified atom stereocenters. The Labute approximate surface area is 95.8 Å². The van der Waals surface area contributed by atoms with Gasteiger partial charge in [0.05, 0.1) is 12.3 Å². The summed E-state index contributed by atoms with van der Waals surface area (Å²) >= 11 is 0. The second kappa shape index (κ2) is 5.84. The fourth-order valence-electron chi connectivity index (χ4n) is 2.03. The molecule has 0 spiro atoms. The van der Waals surface area contributed by atoms with Crippen LogP contribution in [0.3, 0.4) is 0 Å². The molecular formula is C11H20N2O3. The van der Waals surface area contributed by atoms with E-state index in [0.717, 1.165) is 6.54 Å². The van der Waals surface area contributed by atoms with Crippen LogP contribution in [-0.4, -0.2) is 48.1 Å². The Morgan fingerprint density at radius 3 is 2.56 bits per heavy atom. The van der Waals surface area contributed by atoms with Crippen molar-refractivity contribution in [1.82, 2.24) is 10.2 Å². The van der Waals surface area contributed by atoms with Crippen LogP contribution in [0.2, 0.25) is 0 Å². The quantitative estimate of drug-likeness (QED) is 0.703. The zero-order chi connectivity index (χ0) is 12.1. The van der Waals surface area contributed by atoms with Gasteiger partial charge in [-0.05, 0) is 19.4 Å². The highest BCUT2D eigenvalue weighted by atomic mass is 16.4. The van der Waals surface area contributed by atoms with E-state index in [9.17, 15) is 9.59 Å². The summed E-state index contributed by atoms with van der Waals surface area (Å²) in [4.78, 5) is 24.2. The number of carbonyl (C=O) groups excluding carboxylic acids is 1. The topological polar surface area (TPSA) is 69.6 Å². The Balaban J connectivity index is 2.51. The van der Waals surface area contributed by atoms with E-state index in [0.29, 0.717) is 25.6 Å². The number of aliphatic carboxylic acids is 1. The van der Waals surface area contributed by atoms with Gasteiger partial charge in [0.25, 0.3) is 0 Å². The zero-order valence-electron chi connectivity index (χ0n) is 9.90. The SMILES string of the molecule is CCN(CCC(=O)O)C(=O)C1CNCC1C. The smallest absolute Gasteiger partial charge is 0.305 e. The molecule has 16 heavy (non-hydrogen) atoms. The fraction of sp³-hybridized carbons (Fsp3) is 0.818. The Morgan fingerprint density at radius 2 is 2.12 bits per heavy atom. The van der Waals surface area contributed by atoms with Gasteiger partial charge in [0, 0.05) is 19.6 Å². The minimum Gasteiger partial charge on any atom is -0.481 e. The van der Waals surface area contributed by atoms with Crippen molar-refractivity contribution in [3.8, 4) is 0 Å². The first-order valence-corrected chi connectivity index (χ1v) is 5.77. The second-order valence-corrected chi connectivity index (χ2v) is 4.30. The molecule has 0 aromatic heterocycles. The van der Waals surface area contributed by atoms with Gasteiger partial charge in [-0.2, -0.15) is 0 Å². The summed E-state index contributed by atoms with van der Waals surface area (Å²) in [5, 5.41) is 11.8. The molecule has 0 aliphatic carbocycles. The first-order chi connectivity index (χ1) is 7.56. The van der Waals surface area contributed by atoms with Crippen LogP contribution >= 0.6 is 0 Å². The summed E-state index contributed by atoms with van der Waals surface area (Å²) in [5.41, 5.74) is 0. The van der Waals surface area contributed by atoms with Crippen molar-refractivity contribution in [1.29, 1.82) is 0 Å². The summed E-state index contributed by atoms with van der Waals surface area (Å²) < 4.78 is 0. The third kappa shape index (κ3) is 3.20. The van der Waals surface area contributed by atoms with Crippen LogP contribution in [0, 0.1) is 11.8 Å². The third-order valence-electron chi connectivity index (χ3n) is 3.12. The van der Waals surface area contributed by atoms with E-state index in [4.69, 9.17) is 5.11 Å². The highest BCUT2D eigenvalue weighted by Gasteiger charge is 2.32. The van der Waals surface area contributed by atoms with E-state index in [2.05, 4.69) is 5.32 Å². The molecule has 5 nitrogen and oxygen atoms in total. The molecular weight excluding hydrogens is 208 g/mol. The van der Waals surface area contributed by atoms with Crippen LogP contribution in [0.15, 0.2) is 0 Å². The number of hydrogen-bond acceptors (Lipinski definition) is 3. The van der Waals surface area contributed by atoms with Crippen LogP contribution < -0.4 is 5.32 Å². The standard InChI is InChI=1S/C11H20N2O3/c1-3-13(5-4-10(14)15)11(16)9-7-12-6-8(9)2/h8-9,12H,3-7H2,1-2H3,(H,14,15). The minimum atomic E-state index is -0.858. The molecule has 0 aromatic carbocycles. The molecule has 2 N–H and O–H groups in total. The lowest BCUT2D eigenvalue weighted by Crippen LogP contribution is -2.39. The average molecular weight is 228 g/mol. The van der Waals surface area contributed by atoms with E-state index >= 15 is 0 Å². The Morgan fingerprint density at radius 1 is 1.44 bits per heavy atom. The van der Waals surface area contributed by atoms with Crippen LogP contribution in [-0.2, 0) is 9.59 Å². The summed E-state index contributed by atoms with van der Waals surface area (Å²) in [5.74, 6) is -0.426. The molecule has 1 rings (SSSR count). The van der Waals surface area contributed by atoms with E-state index in [1.165, 1.54) is 0 Å². The summed E-state index contributed by atoms with van der Waals surface area (Å²) in [6.45, 7) is 6.40. The van der Waals surface area contributed by atoms with Crippen LogP contribution in [0.1, 0.15) is 20.3 Å². The Hall–Kier alpha value is -1.10. The first-order valence-electron chi connectivity index (χ1n) is 5.77. The number of hydrogen-bond donors (Lipinski definition) is 2. The predicted octanol–water partition coefficient (Wildman–Crippen LogP) is 0.165. The second-order valence-electron chi connectivity index (χ2n) is 4.30. The maximum absolute atomic E-state index is 12.1. The van der Waals surface area contributed by atoms with Crippen molar-refractivity contribution in [2.24, 2.45) is 11.8 Å². The normalized spacial score (nSPS) is 24.4. The Bertz CT molecular complexity index is 268. The van der Waals surface area contributed by atoms with Crippen molar-refractivity contribution < 1.29 is 14.7 Å². The Kier molecular flexibility index (Phi) is 4.73. The van der Waals surface area contributed by atoms with Gasteiger partial charge in [-0.1, -0.05) is 6.92 Å². The molecule has 1 amide bonds. The van der Waals surface area contributed by atoms with Crippen LogP contribution in [0.25, 0.3) is 0 Å². The molecule has 1 heterocycles. The molecule has 0 radical (unpaired) electrons. The van der Waals surface area contributed by atoms with Crippen LogP contribution in [0.4, 0.5) is 0 Å². The molecule has 5 heteroatoms. The molecule has 0 saturated carbocycles. The molecule has 1 aliphatic rings. The van der Waals surface area contributed by atoms with Gasteiger partial charge in [-0.15, -0.1) is 0 Å². The molecule has 0 aromatic rings. The van der Waals surface area contributed by atoms with Crippen LogP contribution in [0.5, 0.6) is 0 Å². The number of amides is 1. The summed E-state index contributed by atoms with van der Waals surface area (Å²) in [6.07, 6.45) is 0.0219. The lowest BCUT2D eigenvalue weighted by molar-refractivity contribution is -0.139. The maximum atomic E-state index is 12.1. The largest absolute Gasteiger partial charge is 0.481 e. The van der Waals surface area contributed by atoms with Crippen molar-refractivity contribution >= 4 is 11.9 Å². The van der Waals surface area contributed by atoms with E-state index < -0.39 is 5.97 Å². The number of nitrogens with zero attached hydrogens (tertiary/aromatic N) is 1. The highest BCUT2D eigenvalue weighted by molar-refractivity contribution is 5.80. The molecule has 1 fully saturated rings. The number of carboxylic acids is 1. The van der Waals surface area contributed by atoms with Crippen molar-refractivity contribution in [2.75, 3.05) is 26.2 Å². The lowest BCUT2D eigenvalue weighted by Gasteiger charge is -2.25. The summed E-state index contributed by atoms with van der Waals surface area (Å²) in [6, 6.07) is 0. The van der Waals surface area contributed by atoms with Gasteiger partial charge in [0.15, 0.2) is 0 Å². The number of carbonyl (C=O) groups is 2. The predicted molar refractivity (Wildman–Crippen MR) is 60.0 cm³/mol. The molecule has 92 valence electrons.